The maximum absolute atomic E-state index is 12.0. The zero-order chi connectivity index (χ0) is 16.8. The molecule has 0 amide bonds. The third kappa shape index (κ3) is 3.43. The van der Waals surface area contributed by atoms with Crippen LogP contribution < -0.4 is 0 Å². The number of fused-ring (bicyclic) bond motifs is 4. The molecule has 0 unspecified atom stereocenters. The van der Waals surface area contributed by atoms with E-state index in [1.165, 1.54) is 6.26 Å². The van der Waals surface area contributed by atoms with Crippen LogP contribution in [0.5, 0.6) is 0 Å². The molecule has 0 aromatic carbocycles. The Hall–Kier alpha value is -0.630. The fraction of sp³-hybridized carbons (Fsp3) is 0.800. The summed E-state index contributed by atoms with van der Waals surface area (Å²) >= 11 is 6.42. The van der Waals surface area contributed by atoms with Crippen LogP contribution in [-0.4, -0.2) is 59.3 Å². The molecule has 0 radical (unpaired) electrons. The molecule has 3 aliphatic rings. The molecule has 4 rings (SSSR count). The smallest absolute Gasteiger partial charge is 0.211 e. The van der Waals surface area contributed by atoms with Crippen LogP contribution in [0.3, 0.4) is 0 Å². The fourth-order valence-electron chi connectivity index (χ4n) is 3.84. The molecule has 0 N–H and O–H groups in total. The molecule has 6 nitrogen and oxygen atoms in total. The van der Waals surface area contributed by atoms with E-state index in [4.69, 9.17) is 11.6 Å². The van der Waals surface area contributed by atoms with Gasteiger partial charge in [0.1, 0.15) is 5.15 Å². The van der Waals surface area contributed by atoms with Gasteiger partial charge >= 0.3 is 0 Å². The number of hydrogen-bond acceptors (Lipinski definition) is 4. The first-order chi connectivity index (χ1) is 10.8. The Morgan fingerprint density at radius 2 is 2.00 bits per heavy atom. The van der Waals surface area contributed by atoms with E-state index < -0.39 is 10.0 Å². The van der Waals surface area contributed by atoms with Gasteiger partial charge in [0.2, 0.25) is 10.0 Å². The van der Waals surface area contributed by atoms with Crippen molar-refractivity contribution in [3.05, 3.63) is 16.4 Å². The Balaban J connectivity index is 1.83. The minimum absolute atomic E-state index is 0.268. The first-order valence-corrected chi connectivity index (χ1v) is 10.4. The molecule has 4 heterocycles. The van der Waals surface area contributed by atoms with Crippen LogP contribution in [-0.2, 0) is 30.0 Å². The highest BCUT2D eigenvalue weighted by atomic mass is 35.5. The monoisotopic (exact) mass is 360 g/mol. The summed E-state index contributed by atoms with van der Waals surface area (Å²) in [5.74, 6) is 0.406. The highest BCUT2D eigenvalue weighted by Crippen LogP contribution is 2.32. The molecule has 0 saturated carbocycles. The zero-order valence-corrected chi connectivity index (χ0v) is 15.6. The van der Waals surface area contributed by atoms with Crippen molar-refractivity contribution in [2.45, 2.75) is 38.8 Å². The molecule has 23 heavy (non-hydrogen) atoms. The second kappa shape index (κ2) is 6.35. The zero-order valence-electron chi connectivity index (χ0n) is 14.0. The summed E-state index contributed by atoms with van der Waals surface area (Å²) in [6, 6.07) is 0.268. The lowest BCUT2D eigenvalue weighted by Crippen LogP contribution is -2.43. The van der Waals surface area contributed by atoms with E-state index in [0.29, 0.717) is 24.2 Å². The van der Waals surface area contributed by atoms with Crippen molar-refractivity contribution in [1.82, 2.24) is 19.0 Å². The molecule has 2 bridgehead atoms. The first-order valence-electron chi connectivity index (χ1n) is 8.19. The van der Waals surface area contributed by atoms with Gasteiger partial charge < -0.3 is 0 Å². The third-order valence-corrected chi connectivity index (χ3v) is 6.82. The van der Waals surface area contributed by atoms with Gasteiger partial charge in [-0.1, -0.05) is 18.5 Å². The van der Waals surface area contributed by atoms with Gasteiger partial charge in [0.05, 0.1) is 11.9 Å². The first kappa shape index (κ1) is 17.2. The van der Waals surface area contributed by atoms with E-state index in [1.807, 2.05) is 7.05 Å². The maximum Gasteiger partial charge on any atom is 0.211 e. The average Bonchev–Trinajstić information content (AvgIpc) is 2.69. The van der Waals surface area contributed by atoms with E-state index in [9.17, 15) is 8.42 Å². The molecule has 8 heteroatoms. The molecule has 1 aromatic rings. The number of aryl methyl sites for hydroxylation is 2. The van der Waals surface area contributed by atoms with Gasteiger partial charge in [-0.15, -0.1) is 0 Å². The highest BCUT2D eigenvalue weighted by molar-refractivity contribution is 7.88. The average molecular weight is 361 g/mol. The summed E-state index contributed by atoms with van der Waals surface area (Å²) in [6.07, 6.45) is 4.33. The van der Waals surface area contributed by atoms with Crippen molar-refractivity contribution in [3.8, 4) is 0 Å². The number of sulfonamides is 1. The van der Waals surface area contributed by atoms with E-state index in [2.05, 4.69) is 16.9 Å². The topological polar surface area (TPSA) is 58.4 Å². The maximum atomic E-state index is 12.0. The van der Waals surface area contributed by atoms with E-state index in [0.717, 1.165) is 43.6 Å². The van der Waals surface area contributed by atoms with Crippen LogP contribution in [0.1, 0.15) is 31.0 Å². The van der Waals surface area contributed by atoms with Crippen LogP contribution in [0.2, 0.25) is 5.15 Å². The molecular formula is C15H25ClN4O2S. The molecule has 130 valence electrons. The van der Waals surface area contributed by atoms with Gasteiger partial charge in [-0.25, -0.2) is 12.7 Å². The number of piperidine rings is 1. The predicted octanol–water partition coefficient (Wildman–Crippen LogP) is 1.49. The Bertz CT molecular complexity index is 688. The predicted molar refractivity (Wildman–Crippen MR) is 90.9 cm³/mol. The van der Waals surface area contributed by atoms with Crippen LogP contribution in [0.25, 0.3) is 0 Å². The largest absolute Gasteiger partial charge is 0.294 e. The molecule has 3 fully saturated rings. The number of aromatic nitrogens is 2. The number of hydrogen-bond donors (Lipinski definition) is 0. The SMILES string of the molecule is CCc1nn(C)c(Cl)c1CN1C[C@H]2CC[C@@H]1CN(S(C)(=O)=O)C2. The highest BCUT2D eigenvalue weighted by Gasteiger charge is 2.38. The summed E-state index contributed by atoms with van der Waals surface area (Å²) in [5, 5.41) is 5.18. The number of halogens is 1. The normalized spacial score (nSPS) is 26.6. The summed E-state index contributed by atoms with van der Waals surface area (Å²) < 4.78 is 27.3. The molecule has 0 aliphatic carbocycles. The summed E-state index contributed by atoms with van der Waals surface area (Å²) in [4.78, 5) is 2.40. The van der Waals surface area contributed by atoms with Crippen molar-refractivity contribution < 1.29 is 8.42 Å². The summed E-state index contributed by atoms with van der Waals surface area (Å²) in [7, 11) is -1.26. The van der Waals surface area contributed by atoms with Crippen molar-refractivity contribution >= 4 is 21.6 Å². The quantitative estimate of drug-likeness (QED) is 0.816. The van der Waals surface area contributed by atoms with E-state index in [-0.39, 0.29) is 6.04 Å². The van der Waals surface area contributed by atoms with Crippen LogP contribution in [0.15, 0.2) is 0 Å². The minimum atomic E-state index is -3.12. The van der Waals surface area contributed by atoms with Crippen LogP contribution >= 0.6 is 11.6 Å². The molecule has 1 aromatic heterocycles. The molecule has 0 spiro atoms. The third-order valence-electron chi connectivity index (χ3n) is 5.11. The van der Waals surface area contributed by atoms with E-state index in [1.54, 1.807) is 8.99 Å². The van der Waals surface area contributed by atoms with Crippen molar-refractivity contribution in [1.29, 1.82) is 0 Å². The van der Waals surface area contributed by atoms with Crippen LogP contribution in [0.4, 0.5) is 0 Å². The van der Waals surface area contributed by atoms with Crippen molar-refractivity contribution in [2.24, 2.45) is 13.0 Å². The lowest BCUT2D eigenvalue weighted by atomic mass is 9.94. The molecule has 3 saturated heterocycles. The van der Waals surface area contributed by atoms with Gasteiger partial charge in [-0.05, 0) is 25.2 Å². The number of nitrogens with zero attached hydrogens (tertiary/aromatic N) is 4. The second-order valence-electron chi connectivity index (χ2n) is 6.80. The lowest BCUT2D eigenvalue weighted by molar-refractivity contribution is 0.125. The molecular weight excluding hydrogens is 336 g/mol. The Kier molecular flexibility index (Phi) is 4.75. The molecule has 3 aliphatic heterocycles. The second-order valence-corrected chi connectivity index (χ2v) is 9.14. The van der Waals surface area contributed by atoms with Gasteiger partial charge in [0.25, 0.3) is 0 Å². The standard InChI is InChI=1S/C15H25ClN4O2S/c1-4-14-13(15(16)18(2)17-14)10-19-7-11-5-6-12(19)9-20(8-11)23(3,21)22/h11-12H,4-10H2,1-3H3/t11-,12-/m1/s1. The molecule has 2 atom stereocenters. The fourth-order valence-corrected chi connectivity index (χ4v) is 4.97. The number of rotatable bonds is 4. The van der Waals surface area contributed by atoms with Crippen LogP contribution in [0, 0.1) is 5.92 Å². The summed E-state index contributed by atoms with van der Waals surface area (Å²) in [5.41, 5.74) is 2.13. The lowest BCUT2D eigenvalue weighted by Gasteiger charge is -2.36. The Labute approximate surface area is 143 Å². The Morgan fingerprint density at radius 3 is 2.65 bits per heavy atom. The van der Waals surface area contributed by atoms with Gasteiger partial charge in [-0.2, -0.15) is 5.10 Å². The van der Waals surface area contributed by atoms with E-state index >= 15 is 0 Å². The van der Waals surface area contributed by atoms with Gasteiger partial charge in [0, 0.05) is 44.8 Å². The Morgan fingerprint density at radius 1 is 1.26 bits per heavy atom. The van der Waals surface area contributed by atoms with Crippen molar-refractivity contribution in [3.63, 3.8) is 0 Å². The van der Waals surface area contributed by atoms with Gasteiger partial charge in [-0.3, -0.25) is 9.58 Å². The van der Waals surface area contributed by atoms with Gasteiger partial charge in [0.15, 0.2) is 0 Å². The minimum Gasteiger partial charge on any atom is -0.294 e. The summed E-state index contributed by atoms with van der Waals surface area (Å²) in [6.45, 7) is 5.02. The van der Waals surface area contributed by atoms with Crippen molar-refractivity contribution in [2.75, 3.05) is 25.9 Å².